The lowest BCUT2D eigenvalue weighted by Gasteiger charge is -2.14. The molecule has 1 aromatic heterocycles. The summed E-state index contributed by atoms with van der Waals surface area (Å²) in [5.74, 6) is -3.89. The van der Waals surface area contributed by atoms with Crippen LogP contribution in [0.5, 0.6) is 0 Å². The highest BCUT2D eigenvalue weighted by Crippen LogP contribution is 2.32. The van der Waals surface area contributed by atoms with E-state index in [0.29, 0.717) is 17.9 Å². The molecular formula is C13H13F3N2. The van der Waals surface area contributed by atoms with Crippen molar-refractivity contribution in [3.05, 3.63) is 34.8 Å². The molecule has 0 atom stereocenters. The molecule has 1 aromatic carbocycles. The largest absolute Gasteiger partial charge is 0.384 e. The summed E-state index contributed by atoms with van der Waals surface area (Å²) >= 11 is 0. The van der Waals surface area contributed by atoms with Crippen molar-refractivity contribution in [3.63, 3.8) is 0 Å². The van der Waals surface area contributed by atoms with E-state index in [0.717, 1.165) is 11.6 Å². The number of anilines is 1. The van der Waals surface area contributed by atoms with E-state index in [1.165, 1.54) is 0 Å². The van der Waals surface area contributed by atoms with Crippen LogP contribution in [0.3, 0.4) is 0 Å². The highest BCUT2D eigenvalue weighted by atomic mass is 19.2. The lowest BCUT2D eigenvalue weighted by atomic mass is 10.1. The number of aryl methyl sites for hydroxylation is 1. The molecular weight excluding hydrogens is 241 g/mol. The number of fused-ring (bicyclic) bond motifs is 1. The van der Waals surface area contributed by atoms with Crippen LogP contribution < -0.4 is 5.32 Å². The molecule has 0 aliphatic heterocycles. The summed E-state index contributed by atoms with van der Waals surface area (Å²) in [6.07, 6.45) is 0. The Hall–Kier alpha value is -1.78. The number of pyridine rings is 1. The van der Waals surface area contributed by atoms with E-state index >= 15 is 0 Å². The number of hydrogen-bond acceptors (Lipinski definition) is 2. The first-order valence-corrected chi connectivity index (χ1v) is 5.65. The average molecular weight is 254 g/mol. The third kappa shape index (κ3) is 1.79. The third-order valence-corrected chi connectivity index (χ3v) is 2.95. The van der Waals surface area contributed by atoms with Gasteiger partial charge in [-0.05, 0) is 26.3 Å². The van der Waals surface area contributed by atoms with Crippen LogP contribution in [0.25, 0.3) is 10.9 Å². The number of nitrogens with one attached hydrogen (secondary N) is 1. The number of hydrogen-bond donors (Lipinski definition) is 1. The van der Waals surface area contributed by atoms with Crippen LogP contribution in [-0.2, 0) is 0 Å². The van der Waals surface area contributed by atoms with E-state index in [1.54, 1.807) is 13.8 Å². The average Bonchev–Trinajstić information content (AvgIpc) is 2.32. The molecule has 18 heavy (non-hydrogen) atoms. The fourth-order valence-corrected chi connectivity index (χ4v) is 1.94. The second-order valence-electron chi connectivity index (χ2n) is 4.11. The molecule has 0 fully saturated rings. The quantitative estimate of drug-likeness (QED) is 0.826. The molecule has 0 bridgehead atoms. The molecule has 2 rings (SSSR count). The summed E-state index contributed by atoms with van der Waals surface area (Å²) in [7, 11) is 0. The predicted molar refractivity (Wildman–Crippen MR) is 65.3 cm³/mol. The monoisotopic (exact) mass is 254 g/mol. The van der Waals surface area contributed by atoms with E-state index in [-0.39, 0.29) is 10.9 Å². The number of aromatic nitrogens is 1. The SMILES string of the molecule is CCNc1c(C)c(C)nc2cc(F)c(F)c(F)c12. The van der Waals surface area contributed by atoms with Gasteiger partial charge in [0.1, 0.15) is 0 Å². The zero-order chi connectivity index (χ0) is 13.4. The van der Waals surface area contributed by atoms with Crippen molar-refractivity contribution in [3.8, 4) is 0 Å². The van der Waals surface area contributed by atoms with Gasteiger partial charge in [-0.2, -0.15) is 0 Å². The number of benzene rings is 1. The van der Waals surface area contributed by atoms with Crippen molar-refractivity contribution in [2.45, 2.75) is 20.8 Å². The summed E-state index contributed by atoms with van der Waals surface area (Å²) in [4.78, 5) is 4.09. The van der Waals surface area contributed by atoms with Crippen LogP contribution in [0.15, 0.2) is 6.07 Å². The van der Waals surface area contributed by atoms with Gasteiger partial charge in [0.25, 0.3) is 0 Å². The van der Waals surface area contributed by atoms with Crippen LogP contribution >= 0.6 is 0 Å². The Bertz CT molecular complexity index is 618. The summed E-state index contributed by atoms with van der Waals surface area (Å²) in [5, 5.41) is 2.98. The zero-order valence-corrected chi connectivity index (χ0v) is 10.4. The molecule has 0 aliphatic rings. The van der Waals surface area contributed by atoms with Crippen molar-refractivity contribution in [2.75, 3.05) is 11.9 Å². The molecule has 0 saturated heterocycles. The van der Waals surface area contributed by atoms with Gasteiger partial charge in [-0.25, -0.2) is 13.2 Å². The Morgan fingerprint density at radius 2 is 1.83 bits per heavy atom. The molecule has 5 heteroatoms. The Morgan fingerprint density at radius 1 is 1.17 bits per heavy atom. The first-order chi connectivity index (χ1) is 8.47. The minimum absolute atomic E-state index is 0.00106. The topological polar surface area (TPSA) is 24.9 Å². The van der Waals surface area contributed by atoms with Gasteiger partial charge in [0, 0.05) is 18.3 Å². The number of nitrogens with zero attached hydrogens (tertiary/aromatic N) is 1. The molecule has 1 heterocycles. The van der Waals surface area contributed by atoms with E-state index < -0.39 is 17.5 Å². The Balaban J connectivity index is 2.94. The van der Waals surface area contributed by atoms with Crippen molar-refractivity contribution in [1.29, 1.82) is 0 Å². The van der Waals surface area contributed by atoms with Gasteiger partial charge in [-0.15, -0.1) is 0 Å². The van der Waals surface area contributed by atoms with E-state index in [4.69, 9.17) is 0 Å². The van der Waals surface area contributed by atoms with Crippen LogP contribution in [0.2, 0.25) is 0 Å². The van der Waals surface area contributed by atoms with Crippen molar-refractivity contribution in [2.24, 2.45) is 0 Å². The van der Waals surface area contributed by atoms with Gasteiger partial charge in [0.2, 0.25) is 0 Å². The standard InChI is InChI=1S/C13H13F3N2/c1-4-17-13-6(2)7(3)18-9-5-8(14)11(15)12(16)10(9)13/h5H,4H2,1-3H3,(H,17,18). The molecule has 0 unspecified atom stereocenters. The van der Waals surface area contributed by atoms with Crippen molar-refractivity contribution >= 4 is 16.6 Å². The number of rotatable bonds is 2. The summed E-state index contributed by atoms with van der Waals surface area (Å²) < 4.78 is 40.4. The Morgan fingerprint density at radius 3 is 2.44 bits per heavy atom. The molecule has 0 amide bonds. The third-order valence-electron chi connectivity index (χ3n) is 2.95. The van der Waals surface area contributed by atoms with Gasteiger partial charge >= 0.3 is 0 Å². The predicted octanol–water partition coefficient (Wildman–Crippen LogP) is 3.70. The molecule has 2 nitrogen and oxygen atoms in total. The Kier molecular flexibility index (Phi) is 3.15. The second kappa shape index (κ2) is 4.48. The normalized spacial score (nSPS) is 11.0. The molecule has 1 N–H and O–H groups in total. The first kappa shape index (κ1) is 12.7. The van der Waals surface area contributed by atoms with Crippen LogP contribution in [0, 0.1) is 31.3 Å². The zero-order valence-electron chi connectivity index (χ0n) is 10.4. The summed E-state index contributed by atoms with van der Waals surface area (Å²) in [6, 6.07) is 0.918. The van der Waals surface area contributed by atoms with Gasteiger partial charge < -0.3 is 5.32 Å². The first-order valence-electron chi connectivity index (χ1n) is 5.65. The number of halogens is 3. The minimum Gasteiger partial charge on any atom is -0.384 e. The van der Waals surface area contributed by atoms with Gasteiger partial charge in [-0.1, -0.05) is 0 Å². The summed E-state index contributed by atoms with van der Waals surface area (Å²) in [5.41, 5.74) is 1.97. The highest BCUT2D eigenvalue weighted by molar-refractivity contribution is 5.94. The van der Waals surface area contributed by atoms with Crippen molar-refractivity contribution < 1.29 is 13.2 Å². The van der Waals surface area contributed by atoms with Gasteiger partial charge in [0.05, 0.1) is 16.6 Å². The smallest absolute Gasteiger partial charge is 0.195 e. The van der Waals surface area contributed by atoms with Crippen LogP contribution in [-0.4, -0.2) is 11.5 Å². The maximum Gasteiger partial charge on any atom is 0.195 e. The molecule has 0 aliphatic carbocycles. The van der Waals surface area contributed by atoms with Crippen LogP contribution in [0.1, 0.15) is 18.2 Å². The maximum atomic E-state index is 13.9. The van der Waals surface area contributed by atoms with Crippen LogP contribution in [0.4, 0.5) is 18.9 Å². The van der Waals surface area contributed by atoms with E-state index in [2.05, 4.69) is 10.3 Å². The van der Waals surface area contributed by atoms with Crippen molar-refractivity contribution in [1.82, 2.24) is 4.98 Å². The lowest BCUT2D eigenvalue weighted by Crippen LogP contribution is -2.05. The summed E-state index contributed by atoms with van der Waals surface area (Å²) in [6.45, 7) is 5.91. The maximum absolute atomic E-state index is 13.9. The fourth-order valence-electron chi connectivity index (χ4n) is 1.94. The Labute approximate surface area is 103 Å². The molecule has 0 spiro atoms. The molecule has 0 saturated carbocycles. The van der Waals surface area contributed by atoms with E-state index in [9.17, 15) is 13.2 Å². The highest BCUT2D eigenvalue weighted by Gasteiger charge is 2.19. The minimum atomic E-state index is -1.47. The molecule has 96 valence electrons. The lowest BCUT2D eigenvalue weighted by molar-refractivity contribution is 0.453. The van der Waals surface area contributed by atoms with E-state index in [1.807, 2.05) is 6.92 Å². The van der Waals surface area contributed by atoms with Gasteiger partial charge in [-0.3, -0.25) is 4.98 Å². The molecule has 2 aromatic rings. The molecule has 0 radical (unpaired) electrons. The fraction of sp³-hybridized carbons (Fsp3) is 0.308. The second-order valence-corrected chi connectivity index (χ2v) is 4.11. The van der Waals surface area contributed by atoms with Gasteiger partial charge in [0.15, 0.2) is 17.5 Å².